The van der Waals surface area contributed by atoms with Crippen LogP contribution >= 0.6 is 0 Å². The second-order valence-electron chi connectivity index (χ2n) is 3.47. The van der Waals surface area contributed by atoms with Crippen LogP contribution in [0.1, 0.15) is 0 Å². The van der Waals surface area contributed by atoms with Gasteiger partial charge in [-0.2, -0.15) is 0 Å². The van der Waals surface area contributed by atoms with E-state index in [9.17, 15) is 9.59 Å². The topological polar surface area (TPSA) is 72.8 Å². The zero-order valence-electron chi connectivity index (χ0n) is 7.29. The highest BCUT2D eigenvalue weighted by Gasteiger charge is 2.18. The Morgan fingerprint density at radius 1 is 1.33 bits per heavy atom. The van der Waals surface area contributed by atoms with E-state index in [2.05, 4.69) is 9.47 Å². The SMILES string of the molecule is C[Si](C)(C)COC(=O)OC(=O)O. The first kappa shape index (κ1) is 11.0. The summed E-state index contributed by atoms with van der Waals surface area (Å²) >= 11 is 0. The summed E-state index contributed by atoms with van der Waals surface area (Å²) in [6.45, 7) is 5.96. The highest BCUT2D eigenvalue weighted by Crippen LogP contribution is 2.01. The van der Waals surface area contributed by atoms with E-state index in [-0.39, 0.29) is 6.23 Å². The molecule has 0 aromatic carbocycles. The van der Waals surface area contributed by atoms with E-state index in [1.807, 2.05) is 19.6 Å². The first-order valence-corrected chi connectivity index (χ1v) is 7.09. The number of carboxylic acid groups (broad SMARTS) is 1. The number of hydrogen-bond acceptors (Lipinski definition) is 4. The zero-order chi connectivity index (χ0) is 9.78. The molecule has 0 heterocycles. The molecule has 70 valence electrons. The normalized spacial score (nSPS) is 10.6. The van der Waals surface area contributed by atoms with Crippen LogP contribution in [-0.4, -0.2) is 31.7 Å². The van der Waals surface area contributed by atoms with Gasteiger partial charge >= 0.3 is 12.3 Å². The van der Waals surface area contributed by atoms with Gasteiger partial charge in [-0.3, -0.25) is 0 Å². The molecule has 0 aromatic rings. The van der Waals surface area contributed by atoms with Crippen molar-refractivity contribution in [1.82, 2.24) is 0 Å². The molecule has 0 amide bonds. The Morgan fingerprint density at radius 2 is 1.83 bits per heavy atom. The van der Waals surface area contributed by atoms with Gasteiger partial charge in [0, 0.05) is 0 Å². The summed E-state index contributed by atoms with van der Waals surface area (Å²) in [4.78, 5) is 20.3. The van der Waals surface area contributed by atoms with Crippen molar-refractivity contribution in [2.24, 2.45) is 0 Å². The lowest BCUT2D eigenvalue weighted by Gasteiger charge is -2.14. The van der Waals surface area contributed by atoms with E-state index in [0.29, 0.717) is 0 Å². The van der Waals surface area contributed by atoms with Gasteiger partial charge in [0.1, 0.15) is 0 Å². The Bertz CT molecular complexity index is 183. The molecule has 0 bridgehead atoms. The third kappa shape index (κ3) is 7.07. The standard InChI is InChI=1S/C6H12O5Si/c1-12(2,3)4-10-6(9)11-5(7)8/h4H2,1-3H3,(H,7,8). The Labute approximate surface area is 71.3 Å². The summed E-state index contributed by atoms with van der Waals surface area (Å²) in [5.41, 5.74) is 0. The van der Waals surface area contributed by atoms with Crippen LogP contribution in [0.4, 0.5) is 9.59 Å². The average molecular weight is 192 g/mol. The van der Waals surface area contributed by atoms with Gasteiger partial charge < -0.3 is 14.6 Å². The molecule has 6 heteroatoms. The van der Waals surface area contributed by atoms with E-state index in [4.69, 9.17) is 5.11 Å². The number of rotatable bonds is 2. The minimum atomic E-state index is -1.64. The lowest BCUT2D eigenvalue weighted by atomic mass is 11.2. The molecule has 0 aliphatic rings. The van der Waals surface area contributed by atoms with Gasteiger partial charge in [0.15, 0.2) is 0 Å². The maximum Gasteiger partial charge on any atom is 0.518 e. The predicted molar refractivity (Wildman–Crippen MR) is 43.8 cm³/mol. The Hall–Kier alpha value is -1.04. The van der Waals surface area contributed by atoms with Crippen molar-refractivity contribution in [3.05, 3.63) is 0 Å². The van der Waals surface area contributed by atoms with Gasteiger partial charge in [-0.15, -0.1) is 0 Å². The highest BCUT2D eigenvalue weighted by molar-refractivity contribution is 6.76. The third-order valence-corrected chi connectivity index (χ3v) is 1.80. The molecule has 0 aromatic heterocycles. The van der Waals surface area contributed by atoms with Crippen molar-refractivity contribution in [3.63, 3.8) is 0 Å². The molecule has 1 N–H and O–H groups in total. The molecule has 0 rings (SSSR count). The minimum absolute atomic E-state index is 0.263. The lowest BCUT2D eigenvalue weighted by Crippen LogP contribution is -2.30. The minimum Gasteiger partial charge on any atom is -0.449 e. The van der Waals surface area contributed by atoms with Gasteiger partial charge in [-0.05, 0) is 0 Å². The van der Waals surface area contributed by atoms with Crippen molar-refractivity contribution in [2.75, 3.05) is 6.23 Å². The van der Waals surface area contributed by atoms with Gasteiger partial charge in [0.25, 0.3) is 0 Å². The van der Waals surface area contributed by atoms with Crippen LogP contribution in [0.2, 0.25) is 19.6 Å². The van der Waals surface area contributed by atoms with Crippen LogP contribution in [0.15, 0.2) is 0 Å². The average Bonchev–Trinajstić information content (AvgIpc) is 1.80. The number of ether oxygens (including phenoxy) is 2. The Morgan fingerprint density at radius 3 is 2.17 bits per heavy atom. The van der Waals surface area contributed by atoms with Crippen molar-refractivity contribution >= 4 is 20.4 Å². The molecular weight excluding hydrogens is 180 g/mol. The van der Waals surface area contributed by atoms with Crippen LogP contribution in [0.5, 0.6) is 0 Å². The smallest absolute Gasteiger partial charge is 0.449 e. The fraction of sp³-hybridized carbons (Fsp3) is 0.667. The van der Waals surface area contributed by atoms with Crippen molar-refractivity contribution in [3.8, 4) is 0 Å². The van der Waals surface area contributed by atoms with Crippen LogP contribution in [0.25, 0.3) is 0 Å². The molecule has 0 aliphatic carbocycles. The number of hydrogen-bond donors (Lipinski definition) is 1. The summed E-state index contributed by atoms with van der Waals surface area (Å²) < 4.78 is 8.26. The fourth-order valence-corrected chi connectivity index (χ4v) is 0.927. The predicted octanol–water partition coefficient (Wildman–Crippen LogP) is 1.70. The summed E-state index contributed by atoms with van der Waals surface area (Å²) in [7, 11) is -1.49. The molecule has 5 nitrogen and oxygen atoms in total. The van der Waals surface area contributed by atoms with Crippen LogP contribution in [-0.2, 0) is 9.47 Å². The molecule has 0 saturated heterocycles. The second-order valence-corrected chi connectivity index (χ2v) is 8.88. The quantitative estimate of drug-likeness (QED) is 0.409. The molecule has 0 spiro atoms. The molecule has 12 heavy (non-hydrogen) atoms. The fourth-order valence-electron chi connectivity index (χ4n) is 0.376. The molecule has 0 fully saturated rings. The summed E-state index contributed by atoms with van der Waals surface area (Å²) in [5, 5.41) is 8.00. The summed E-state index contributed by atoms with van der Waals surface area (Å²) in [6, 6.07) is 0. The number of carbonyl (C=O) groups is 2. The maximum absolute atomic E-state index is 10.5. The molecular formula is C6H12O5Si. The van der Waals surface area contributed by atoms with Crippen LogP contribution in [0.3, 0.4) is 0 Å². The zero-order valence-corrected chi connectivity index (χ0v) is 8.29. The van der Waals surface area contributed by atoms with E-state index in [0.717, 1.165) is 0 Å². The summed E-state index contributed by atoms with van der Waals surface area (Å²) in [6.07, 6.45) is -2.53. The van der Waals surface area contributed by atoms with Crippen LogP contribution < -0.4 is 0 Å². The Kier molecular flexibility index (Phi) is 3.74. The van der Waals surface area contributed by atoms with E-state index in [1.54, 1.807) is 0 Å². The van der Waals surface area contributed by atoms with Gasteiger partial charge in [-0.25, -0.2) is 9.59 Å². The molecule has 0 aliphatic heterocycles. The van der Waals surface area contributed by atoms with Gasteiger partial charge in [0.05, 0.1) is 14.3 Å². The van der Waals surface area contributed by atoms with Gasteiger partial charge in [-0.1, -0.05) is 19.6 Å². The third-order valence-electron chi connectivity index (χ3n) is 0.794. The molecule has 0 atom stereocenters. The monoisotopic (exact) mass is 192 g/mol. The second kappa shape index (κ2) is 4.10. The van der Waals surface area contributed by atoms with Crippen molar-refractivity contribution < 1.29 is 24.2 Å². The van der Waals surface area contributed by atoms with Crippen molar-refractivity contribution in [2.45, 2.75) is 19.6 Å². The van der Waals surface area contributed by atoms with Gasteiger partial charge in [0.2, 0.25) is 0 Å². The maximum atomic E-state index is 10.5. The highest BCUT2D eigenvalue weighted by atomic mass is 28.3. The lowest BCUT2D eigenvalue weighted by molar-refractivity contribution is 0.0628. The van der Waals surface area contributed by atoms with E-state index < -0.39 is 20.4 Å². The molecule has 0 saturated carbocycles. The van der Waals surface area contributed by atoms with Crippen LogP contribution in [0, 0.1) is 0 Å². The largest absolute Gasteiger partial charge is 0.518 e. The van der Waals surface area contributed by atoms with E-state index >= 15 is 0 Å². The Balaban J connectivity index is 3.65. The van der Waals surface area contributed by atoms with E-state index in [1.165, 1.54) is 0 Å². The first-order chi connectivity index (χ1) is 5.31. The van der Waals surface area contributed by atoms with Crippen molar-refractivity contribution in [1.29, 1.82) is 0 Å². The molecule has 0 unspecified atom stereocenters. The number of carbonyl (C=O) groups excluding carboxylic acids is 1. The molecule has 0 radical (unpaired) electrons. The first-order valence-electron chi connectivity index (χ1n) is 3.39. The summed E-state index contributed by atoms with van der Waals surface area (Å²) in [5.74, 6) is 0.